The lowest BCUT2D eigenvalue weighted by Crippen LogP contribution is -2.22. The van der Waals surface area contributed by atoms with Crippen molar-refractivity contribution < 1.29 is 4.42 Å². The lowest BCUT2D eigenvalue weighted by molar-refractivity contribution is 0.660. The van der Waals surface area contributed by atoms with Crippen LogP contribution in [0.1, 0.15) is 27.7 Å². The molecule has 5 nitrogen and oxygen atoms in total. The summed E-state index contributed by atoms with van der Waals surface area (Å²) in [5.74, 6) is 0. The van der Waals surface area contributed by atoms with Crippen molar-refractivity contribution in [2.75, 3.05) is 36.0 Å². The van der Waals surface area contributed by atoms with Crippen LogP contribution in [0.2, 0.25) is 5.02 Å². The van der Waals surface area contributed by atoms with Gasteiger partial charge in [-0.05, 0) is 87.7 Å². The Hall–Kier alpha value is -3.96. The molecular formula is C33H34ClN3O2. The second kappa shape index (κ2) is 11.4. The highest BCUT2D eigenvalue weighted by atomic mass is 35.5. The summed E-state index contributed by atoms with van der Waals surface area (Å²) in [5, 5.41) is 2.93. The third-order valence-electron chi connectivity index (χ3n) is 7.36. The van der Waals surface area contributed by atoms with E-state index in [2.05, 4.69) is 61.8 Å². The molecule has 0 fully saturated rings. The lowest BCUT2D eigenvalue weighted by atomic mass is 10.1. The predicted molar refractivity (Wildman–Crippen MR) is 167 cm³/mol. The number of hydrogen-bond acceptors (Lipinski definition) is 4. The molecule has 0 aliphatic carbocycles. The maximum absolute atomic E-state index is 14.4. The fraction of sp³-hybridized carbons (Fsp3) is 0.242. The summed E-state index contributed by atoms with van der Waals surface area (Å²) in [6.45, 7) is 12.1. The summed E-state index contributed by atoms with van der Waals surface area (Å²) in [5.41, 5.74) is 4.72. The first-order chi connectivity index (χ1) is 19.0. The van der Waals surface area contributed by atoms with Gasteiger partial charge in [-0.2, -0.15) is 0 Å². The molecule has 0 saturated heterocycles. The molecular weight excluding hydrogens is 506 g/mol. The van der Waals surface area contributed by atoms with Crippen molar-refractivity contribution in [2.45, 2.75) is 27.7 Å². The predicted octanol–water partition coefficient (Wildman–Crippen LogP) is 8.36. The minimum absolute atomic E-state index is 0.131. The third-order valence-corrected chi connectivity index (χ3v) is 7.61. The van der Waals surface area contributed by atoms with Crippen LogP contribution in [0.3, 0.4) is 0 Å². The molecule has 0 saturated carbocycles. The quantitative estimate of drug-likeness (QED) is 0.208. The third kappa shape index (κ3) is 5.07. The smallest absolute Gasteiger partial charge is 0.263 e. The lowest BCUT2D eigenvalue weighted by Gasteiger charge is -2.21. The Morgan fingerprint density at radius 3 is 1.85 bits per heavy atom. The van der Waals surface area contributed by atoms with Gasteiger partial charge < -0.3 is 14.2 Å². The van der Waals surface area contributed by atoms with Crippen molar-refractivity contribution in [1.82, 2.24) is 4.57 Å². The van der Waals surface area contributed by atoms with E-state index in [0.717, 1.165) is 59.6 Å². The summed E-state index contributed by atoms with van der Waals surface area (Å²) >= 11 is 6.23. The van der Waals surface area contributed by atoms with Crippen LogP contribution in [-0.4, -0.2) is 30.7 Å². The van der Waals surface area contributed by atoms with Crippen molar-refractivity contribution >= 4 is 55.8 Å². The Morgan fingerprint density at radius 2 is 1.23 bits per heavy atom. The van der Waals surface area contributed by atoms with Gasteiger partial charge in [-0.1, -0.05) is 29.8 Å². The Bertz CT molecular complexity index is 1750. The van der Waals surface area contributed by atoms with Crippen molar-refractivity contribution in [3.05, 3.63) is 100 Å². The second-order valence-electron chi connectivity index (χ2n) is 9.44. The topological polar surface area (TPSA) is 41.6 Å². The highest BCUT2D eigenvalue weighted by Gasteiger charge is 2.13. The van der Waals surface area contributed by atoms with Crippen molar-refractivity contribution in [2.24, 2.45) is 0 Å². The molecule has 0 aliphatic rings. The normalized spacial score (nSPS) is 11.2. The van der Waals surface area contributed by atoms with Crippen LogP contribution in [-0.2, 0) is 0 Å². The van der Waals surface area contributed by atoms with E-state index in [1.165, 1.54) is 0 Å². The minimum Gasteiger partial charge on any atom is -0.454 e. The molecule has 0 radical (unpaired) electrons. The van der Waals surface area contributed by atoms with E-state index < -0.39 is 0 Å². The number of halogens is 1. The monoisotopic (exact) mass is 539 g/mol. The van der Waals surface area contributed by atoms with E-state index >= 15 is 0 Å². The largest absolute Gasteiger partial charge is 0.454 e. The van der Waals surface area contributed by atoms with E-state index in [1.54, 1.807) is 16.7 Å². The van der Waals surface area contributed by atoms with Gasteiger partial charge >= 0.3 is 0 Å². The van der Waals surface area contributed by atoms with Gasteiger partial charge in [0, 0.05) is 71.2 Å². The first-order valence-electron chi connectivity index (χ1n) is 13.6. The van der Waals surface area contributed by atoms with Crippen molar-refractivity contribution in [1.29, 1.82) is 0 Å². The number of fused-ring (bicyclic) bond motifs is 4. The van der Waals surface area contributed by atoms with Crippen LogP contribution in [0.5, 0.6) is 0 Å². The molecule has 0 amide bonds. The maximum atomic E-state index is 14.4. The molecule has 0 unspecified atom stereocenters. The minimum atomic E-state index is -0.131. The first-order valence-corrected chi connectivity index (χ1v) is 14.0. The number of rotatable bonds is 7. The summed E-state index contributed by atoms with van der Waals surface area (Å²) in [4.78, 5) is 19.0. The van der Waals surface area contributed by atoms with Crippen LogP contribution in [0, 0.1) is 0 Å². The van der Waals surface area contributed by atoms with Crippen LogP contribution in [0.15, 0.2) is 94.1 Å². The Balaban J connectivity index is 2.04. The highest BCUT2D eigenvalue weighted by molar-refractivity contribution is 6.30. The van der Waals surface area contributed by atoms with Gasteiger partial charge in [0.2, 0.25) is 0 Å². The fourth-order valence-corrected chi connectivity index (χ4v) is 5.38. The van der Waals surface area contributed by atoms with Gasteiger partial charge in [-0.15, -0.1) is 0 Å². The first kappa shape index (κ1) is 26.6. The zero-order valence-electron chi connectivity index (χ0n) is 22.9. The SMILES string of the molecule is CCN(CC)c1ccc2c(c1)oc1cc(N(CC)CC)ccc1n(-c1ccc(Cl)cc1)c(=O)c1ccccc12. The number of nitrogens with zero attached hydrogens (tertiary/aromatic N) is 3. The number of aromatic nitrogens is 1. The molecule has 0 spiro atoms. The standard InChI is InChI=1S/C33H34ClN3O2/c1-5-35(6-2)25-17-19-28-27-11-9-10-12-29(27)33(38)37(24-15-13-23(34)14-16-24)30-20-18-26(36(7-3)8-4)22-32(30)39-31(28)21-25/h9-22H,5-8H2,1-4H3. The summed E-state index contributed by atoms with van der Waals surface area (Å²) in [6.07, 6.45) is 0. The van der Waals surface area contributed by atoms with Gasteiger partial charge in [0.15, 0.2) is 5.58 Å². The molecule has 5 aromatic rings. The van der Waals surface area contributed by atoms with Gasteiger partial charge in [0.05, 0.1) is 5.52 Å². The highest BCUT2D eigenvalue weighted by Crippen LogP contribution is 2.30. The zero-order valence-corrected chi connectivity index (χ0v) is 23.7. The van der Waals surface area contributed by atoms with E-state index in [4.69, 9.17) is 16.0 Å². The van der Waals surface area contributed by atoms with Crippen LogP contribution >= 0.6 is 11.6 Å². The molecule has 4 aromatic carbocycles. The molecule has 0 N–H and O–H groups in total. The molecule has 0 atom stereocenters. The van der Waals surface area contributed by atoms with Crippen LogP contribution in [0.25, 0.3) is 38.5 Å². The van der Waals surface area contributed by atoms with Gasteiger partial charge in [0.1, 0.15) is 5.58 Å². The summed E-state index contributed by atoms with van der Waals surface area (Å²) in [7, 11) is 0. The number of hydrogen-bond donors (Lipinski definition) is 0. The van der Waals surface area contributed by atoms with E-state index in [-0.39, 0.29) is 5.56 Å². The van der Waals surface area contributed by atoms with Gasteiger partial charge in [-0.25, -0.2) is 0 Å². The van der Waals surface area contributed by atoms with E-state index in [0.29, 0.717) is 21.5 Å². The van der Waals surface area contributed by atoms with Gasteiger partial charge in [-0.3, -0.25) is 9.36 Å². The van der Waals surface area contributed by atoms with Crippen molar-refractivity contribution in [3.63, 3.8) is 0 Å². The van der Waals surface area contributed by atoms with Gasteiger partial charge in [0.25, 0.3) is 5.56 Å². The average Bonchev–Trinajstić information content (AvgIpc) is 3.00. The molecule has 6 heteroatoms. The zero-order chi connectivity index (χ0) is 27.5. The molecule has 0 aliphatic heterocycles. The molecule has 5 rings (SSSR count). The molecule has 1 heterocycles. The molecule has 1 aromatic heterocycles. The van der Waals surface area contributed by atoms with E-state index in [1.807, 2.05) is 48.5 Å². The fourth-order valence-electron chi connectivity index (χ4n) is 5.26. The average molecular weight is 540 g/mol. The number of anilines is 2. The summed E-state index contributed by atoms with van der Waals surface area (Å²) < 4.78 is 8.56. The molecule has 0 bridgehead atoms. The summed E-state index contributed by atoms with van der Waals surface area (Å²) in [6, 6.07) is 27.5. The number of benzene rings is 4. The Morgan fingerprint density at radius 1 is 0.667 bits per heavy atom. The van der Waals surface area contributed by atoms with Crippen molar-refractivity contribution in [3.8, 4) is 5.69 Å². The molecule has 200 valence electrons. The maximum Gasteiger partial charge on any atom is 0.263 e. The Kier molecular flexibility index (Phi) is 7.80. The second-order valence-corrected chi connectivity index (χ2v) is 9.88. The Labute approximate surface area is 234 Å². The molecule has 39 heavy (non-hydrogen) atoms. The van der Waals surface area contributed by atoms with Crippen LogP contribution < -0.4 is 15.4 Å². The van der Waals surface area contributed by atoms with E-state index in [9.17, 15) is 4.79 Å². The van der Waals surface area contributed by atoms with Crippen LogP contribution in [0.4, 0.5) is 11.4 Å².